The highest BCUT2D eigenvalue weighted by Crippen LogP contribution is 2.31. The van der Waals surface area contributed by atoms with Gasteiger partial charge in [-0.25, -0.2) is 22.3 Å². The summed E-state index contributed by atoms with van der Waals surface area (Å²) in [4.78, 5) is 12.1. The Balaban J connectivity index is 1.18. The molecule has 1 aliphatic carbocycles. The minimum absolute atomic E-state index is 0.00549. The zero-order valence-corrected chi connectivity index (χ0v) is 22.8. The van der Waals surface area contributed by atoms with Gasteiger partial charge in [0, 0.05) is 18.5 Å². The fourth-order valence-corrected chi connectivity index (χ4v) is 5.23. The molecule has 2 N–H and O–H groups in total. The smallest absolute Gasteiger partial charge is 0.328 e. The number of hydrogen-bond donors (Lipinski definition) is 2. The van der Waals surface area contributed by atoms with Crippen molar-refractivity contribution in [3.8, 4) is 23.0 Å². The number of halogens is 2. The average Bonchev–Trinajstić information content (AvgIpc) is 2.91. The van der Waals surface area contributed by atoms with E-state index in [4.69, 9.17) is 25.8 Å². The molecular weight excluding hydrogens is 547 g/mol. The number of ether oxygens (including phenoxy) is 3. The van der Waals surface area contributed by atoms with Crippen LogP contribution in [0.2, 0.25) is 5.02 Å². The molecule has 0 atom stereocenters. The van der Waals surface area contributed by atoms with Crippen LogP contribution in [0.1, 0.15) is 38.5 Å². The Bertz CT molecular complexity index is 1350. The third kappa shape index (κ3) is 8.76. The molecule has 0 radical (unpaired) electrons. The minimum atomic E-state index is -3.99. The van der Waals surface area contributed by atoms with Crippen molar-refractivity contribution in [2.75, 3.05) is 13.2 Å². The molecule has 0 saturated heterocycles. The summed E-state index contributed by atoms with van der Waals surface area (Å²) < 4.78 is 57.2. The molecule has 39 heavy (non-hydrogen) atoms. The van der Waals surface area contributed by atoms with Crippen molar-refractivity contribution in [1.29, 1.82) is 0 Å². The maximum atomic E-state index is 13.0. The fraction of sp³-hybridized carbons (Fsp3) is 0.321. The number of hydrogen-bond acceptors (Lipinski definition) is 6. The van der Waals surface area contributed by atoms with E-state index in [1.807, 2.05) is 0 Å². The summed E-state index contributed by atoms with van der Waals surface area (Å²) in [7, 11) is -3.99. The van der Waals surface area contributed by atoms with Gasteiger partial charge >= 0.3 is 6.03 Å². The number of sulfonamides is 1. The Hall–Kier alpha value is -3.50. The highest BCUT2D eigenvalue weighted by Gasteiger charge is 2.21. The first-order valence-corrected chi connectivity index (χ1v) is 14.6. The predicted molar refractivity (Wildman–Crippen MR) is 146 cm³/mol. The number of nitrogens with one attached hydrogen (secondary N) is 2. The molecule has 1 aliphatic rings. The standard InChI is InChI=1S/C28H30ClFN2O6S/c29-26-19-24(38-23-9-7-20(30)8-10-23)13-16-27(26)37-18-4-17-36-22-11-14-25(15-12-22)39(34,35)32-28(33)31-21-5-2-1-3-6-21/h7-16,19,21H,1-6,17-18H2,(H2,31,32,33). The fourth-order valence-electron chi connectivity index (χ4n) is 4.09. The van der Waals surface area contributed by atoms with E-state index in [0.29, 0.717) is 47.7 Å². The van der Waals surface area contributed by atoms with E-state index in [2.05, 4.69) is 10.0 Å². The molecule has 4 rings (SSSR count). The summed E-state index contributed by atoms with van der Waals surface area (Å²) >= 11 is 6.29. The highest BCUT2D eigenvalue weighted by molar-refractivity contribution is 7.90. The van der Waals surface area contributed by atoms with Crippen molar-refractivity contribution in [2.45, 2.75) is 49.5 Å². The van der Waals surface area contributed by atoms with Gasteiger partial charge in [0.25, 0.3) is 10.0 Å². The van der Waals surface area contributed by atoms with Gasteiger partial charge in [0.05, 0.1) is 23.1 Å². The first-order valence-electron chi connectivity index (χ1n) is 12.7. The minimum Gasteiger partial charge on any atom is -0.493 e. The van der Waals surface area contributed by atoms with E-state index >= 15 is 0 Å². The SMILES string of the molecule is O=C(NC1CCCCC1)NS(=O)(=O)c1ccc(OCCCOc2ccc(Oc3ccc(F)cc3)cc2Cl)cc1. The van der Waals surface area contributed by atoms with Gasteiger partial charge < -0.3 is 19.5 Å². The molecule has 3 aromatic carbocycles. The number of carbonyl (C=O) groups is 1. The van der Waals surface area contributed by atoms with Gasteiger partial charge in [-0.1, -0.05) is 30.9 Å². The van der Waals surface area contributed by atoms with Crippen LogP contribution < -0.4 is 24.2 Å². The summed E-state index contributed by atoms with van der Waals surface area (Å²) in [5.41, 5.74) is 0. The molecule has 8 nitrogen and oxygen atoms in total. The number of urea groups is 1. The molecule has 11 heteroatoms. The first-order chi connectivity index (χ1) is 18.8. The lowest BCUT2D eigenvalue weighted by molar-refractivity contribution is 0.237. The molecule has 0 unspecified atom stereocenters. The Morgan fingerprint density at radius 1 is 0.872 bits per heavy atom. The Morgan fingerprint density at radius 3 is 2.21 bits per heavy atom. The monoisotopic (exact) mass is 576 g/mol. The molecule has 0 bridgehead atoms. The number of benzene rings is 3. The molecule has 3 aromatic rings. The molecule has 1 fully saturated rings. The lowest BCUT2D eigenvalue weighted by Gasteiger charge is -2.22. The van der Waals surface area contributed by atoms with Gasteiger partial charge in [-0.05, 0) is 73.5 Å². The normalized spacial score (nSPS) is 13.9. The molecule has 2 amide bonds. The van der Waals surface area contributed by atoms with Crippen LogP contribution in [0.4, 0.5) is 9.18 Å². The topological polar surface area (TPSA) is 103 Å². The van der Waals surface area contributed by atoms with Crippen molar-refractivity contribution in [3.05, 3.63) is 77.6 Å². The molecule has 208 valence electrons. The van der Waals surface area contributed by atoms with Gasteiger partial charge in [0.15, 0.2) is 0 Å². The third-order valence-electron chi connectivity index (χ3n) is 6.07. The third-order valence-corrected chi connectivity index (χ3v) is 7.71. The highest BCUT2D eigenvalue weighted by atomic mass is 35.5. The second-order valence-electron chi connectivity index (χ2n) is 9.08. The number of amides is 2. The van der Waals surface area contributed by atoms with E-state index in [1.165, 1.54) is 48.5 Å². The Labute approximate surface area is 232 Å². The van der Waals surface area contributed by atoms with Crippen LogP contribution in [-0.4, -0.2) is 33.7 Å². The van der Waals surface area contributed by atoms with Crippen molar-refractivity contribution >= 4 is 27.7 Å². The Kier molecular flexibility index (Phi) is 9.89. The molecule has 0 aliphatic heterocycles. The molecule has 0 spiro atoms. The summed E-state index contributed by atoms with van der Waals surface area (Å²) in [6.45, 7) is 0.669. The zero-order chi connectivity index (χ0) is 27.7. The molecule has 0 aromatic heterocycles. The maximum Gasteiger partial charge on any atom is 0.328 e. The zero-order valence-electron chi connectivity index (χ0n) is 21.2. The van der Waals surface area contributed by atoms with Gasteiger partial charge in [-0.3, -0.25) is 0 Å². The van der Waals surface area contributed by atoms with Crippen molar-refractivity contribution in [1.82, 2.24) is 10.0 Å². The van der Waals surface area contributed by atoms with E-state index in [1.54, 1.807) is 18.2 Å². The summed E-state index contributed by atoms with van der Waals surface area (Å²) in [5, 5.41) is 3.10. The first kappa shape index (κ1) is 28.5. The van der Waals surface area contributed by atoms with Gasteiger partial charge in [-0.2, -0.15) is 0 Å². The van der Waals surface area contributed by atoms with Crippen LogP contribution in [-0.2, 0) is 10.0 Å². The second-order valence-corrected chi connectivity index (χ2v) is 11.2. The lowest BCUT2D eigenvalue weighted by Crippen LogP contribution is -2.45. The van der Waals surface area contributed by atoms with Gasteiger partial charge in [0.1, 0.15) is 28.8 Å². The van der Waals surface area contributed by atoms with E-state index in [0.717, 1.165) is 32.1 Å². The van der Waals surface area contributed by atoms with Crippen LogP contribution in [0.3, 0.4) is 0 Å². The van der Waals surface area contributed by atoms with Crippen molar-refractivity contribution in [2.24, 2.45) is 0 Å². The van der Waals surface area contributed by atoms with Crippen LogP contribution in [0, 0.1) is 5.82 Å². The molecular formula is C28H30ClFN2O6S. The van der Waals surface area contributed by atoms with Gasteiger partial charge in [-0.15, -0.1) is 0 Å². The molecule has 1 saturated carbocycles. The van der Waals surface area contributed by atoms with Crippen LogP contribution >= 0.6 is 11.6 Å². The Morgan fingerprint density at radius 2 is 1.51 bits per heavy atom. The predicted octanol–water partition coefficient (Wildman–Crippen LogP) is 6.44. The lowest BCUT2D eigenvalue weighted by atomic mass is 9.96. The second kappa shape index (κ2) is 13.5. The number of rotatable bonds is 11. The van der Waals surface area contributed by atoms with E-state index < -0.39 is 16.1 Å². The van der Waals surface area contributed by atoms with E-state index in [-0.39, 0.29) is 16.8 Å². The van der Waals surface area contributed by atoms with Crippen molar-refractivity contribution in [3.63, 3.8) is 0 Å². The van der Waals surface area contributed by atoms with E-state index in [9.17, 15) is 17.6 Å². The average molecular weight is 577 g/mol. The van der Waals surface area contributed by atoms with Crippen LogP contribution in [0.5, 0.6) is 23.0 Å². The van der Waals surface area contributed by atoms with Crippen LogP contribution in [0.25, 0.3) is 0 Å². The largest absolute Gasteiger partial charge is 0.493 e. The quantitative estimate of drug-likeness (QED) is 0.255. The molecule has 0 heterocycles. The summed E-state index contributed by atoms with van der Waals surface area (Å²) in [6.07, 6.45) is 5.46. The number of carbonyl (C=O) groups excluding carboxylic acids is 1. The summed E-state index contributed by atoms with van der Waals surface area (Å²) in [6, 6.07) is 15.8. The summed E-state index contributed by atoms with van der Waals surface area (Å²) in [5.74, 6) is 1.60. The van der Waals surface area contributed by atoms with Gasteiger partial charge in [0.2, 0.25) is 0 Å². The van der Waals surface area contributed by atoms with Crippen LogP contribution in [0.15, 0.2) is 71.6 Å². The maximum absolute atomic E-state index is 13.0. The van der Waals surface area contributed by atoms with Crippen molar-refractivity contribution < 1.29 is 31.8 Å².